The van der Waals surface area contributed by atoms with Crippen molar-refractivity contribution in [2.75, 3.05) is 10.5 Å². The van der Waals surface area contributed by atoms with E-state index in [1.807, 2.05) is 18.2 Å². The fourth-order valence-electron chi connectivity index (χ4n) is 1.23. The molecule has 0 amide bonds. The Morgan fingerprint density at radius 2 is 2.27 bits per heavy atom. The molecule has 0 aliphatic rings. The Balaban J connectivity index is 2.46. The molecular formula is C9H11N3O2S. The molecule has 0 radical (unpaired) electrons. The summed E-state index contributed by atoms with van der Waals surface area (Å²) in [4.78, 5) is 4.00. The second-order valence-corrected chi connectivity index (χ2v) is 5.09. The third-order valence-electron chi connectivity index (χ3n) is 2.07. The van der Waals surface area contributed by atoms with Crippen LogP contribution < -0.4 is 4.72 Å². The van der Waals surface area contributed by atoms with E-state index >= 15 is 0 Å². The van der Waals surface area contributed by atoms with Gasteiger partial charge in [0.1, 0.15) is 0 Å². The quantitative estimate of drug-likeness (QED) is 0.850. The molecule has 2 aromatic rings. The minimum absolute atomic E-state index is 0.0365. The third kappa shape index (κ3) is 1.94. The number of nitrogens with zero attached hydrogens (tertiary/aromatic N) is 2. The zero-order valence-corrected chi connectivity index (χ0v) is 9.03. The fourth-order valence-corrected chi connectivity index (χ4v) is 1.80. The van der Waals surface area contributed by atoms with Crippen LogP contribution in [0.25, 0.3) is 5.52 Å². The van der Waals surface area contributed by atoms with E-state index in [2.05, 4.69) is 9.71 Å². The highest BCUT2D eigenvalue weighted by Gasteiger charge is 2.10. The highest BCUT2D eigenvalue weighted by Crippen LogP contribution is 2.11. The first-order valence-electron chi connectivity index (χ1n) is 4.55. The molecule has 15 heavy (non-hydrogen) atoms. The number of sulfonamides is 1. The Bertz CT molecular complexity index is 574. The van der Waals surface area contributed by atoms with Crippen molar-refractivity contribution in [1.29, 1.82) is 0 Å². The predicted molar refractivity (Wildman–Crippen MR) is 58.3 cm³/mol. The molecule has 0 aliphatic carbocycles. The summed E-state index contributed by atoms with van der Waals surface area (Å²) in [5.41, 5.74) is 0.853. The Labute approximate surface area is 87.8 Å². The van der Waals surface area contributed by atoms with Crippen LogP contribution in [-0.2, 0) is 10.0 Å². The molecule has 1 N–H and O–H groups in total. The van der Waals surface area contributed by atoms with Crippen molar-refractivity contribution in [3.63, 3.8) is 0 Å². The number of hydrogen-bond acceptors (Lipinski definition) is 3. The standard InChI is InChI=1S/C9H11N3O2S/c1-2-15(13,14)11-9-10-7-8-5-3-4-6-12(8)9/h3-7H,2H2,1H3,(H,10,11). The third-order valence-corrected chi connectivity index (χ3v) is 3.32. The van der Waals surface area contributed by atoms with Crippen LogP contribution in [0.4, 0.5) is 5.95 Å². The molecule has 0 unspecified atom stereocenters. The largest absolute Gasteiger partial charge is 0.285 e. The van der Waals surface area contributed by atoms with Gasteiger partial charge in [0.15, 0.2) is 0 Å². The van der Waals surface area contributed by atoms with Crippen LogP contribution in [0.15, 0.2) is 30.6 Å². The summed E-state index contributed by atoms with van der Waals surface area (Å²) >= 11 is 0. The predicted octanol–water partition coefficient (Wildman–Crippen LogP) is 1.10. The molecule has 2 aromatic heterocycles. The topological polar surface area (TPSA) is 63.5 Å². The second-order valence-electron chi connectivity index (χ2n) is 3.08. The lowest BCUT2D eigenvalue weighted by Gasteiger charge is -2.03. The molecule has 80 valence electrons. The van der Waals surface area contributed by atoms with Gasteiger partial charge >= 0.3 is 0 Å². The van der Waals surface area contributed by atoms with Gasteiger partial charge in [-0.25, -0.2) is 13.4 Å². The van der Waals surface area contributed by atoms with Crippen LogP contribution in [0.5, 0.6) is 0 Å². The van der Waals surface area contributed by atoms with Crippen molar-refractivity contribution in [2.24, 2.45) is 0 Å². The summed E-state index contributed by atoms with van der Waals surface area (Å²) < 4.78 is 26.8. The smallest absolute Gasteiger partial charge is 0.234 e. The molecule has 0 saturated carbocycles. The van der Waals surface area contributed by atoms with Crippen molar-refractivity contribution in [3.8, 4) is 0 Å². The number of pyridine rings is 1. The first-order chi connectivity index (χ1) is 7.12. The van der Waals surface area contributed by atoms with Crippen molar-refractivity contribution in [3.05, 3.63) is 30.6 Å². The van der Waals surface area contributed by atoms with Gasteiger partial charge in [-0.3, -0.25) is 9.12 Å². The van der Waals surface area contributed by atoms with Gasteiger partial charge in [-0.05, 0) is 19.1 Å². The Hall–Kier alpha value is -1.56. The molecular weight excluding hydrogens is 214 g/mol. The first-order valence-corrected chi connectivity index (χ1v) is 6.20. The molecule has 0 saturated heterocycles. The summed E-state index contributed by atoms with van der Waals surface area (Å²) in [5, 5.41) is 0. The van der Waals surface area contributed by atoms with E-state index in [9.17, 15) is 8.42 Å². The number of imidazole rings is 1. The minimum atomic E-state index is -3.27. The summed E-state index contributed by atoms with van der Waals surface area (Å²) in [6.45, 7) is 1.58. The van der Waals surface area contributed by atoms with Crippen molar-refractivity contribution in [2.45, 2.75) is 6.92 Å². The Morgan fingerprint density at radius 3 is 3.00 bits per heavy atom. The number of fused-ring (bicyclic) bond motifs is 1. The summed E-state index contributed by atoms with van der Waals surface area (Å²) in [6, 6.07) is 5.55. The maximum atomic E-state index is 11.3. The SMILES string of the molecule is CCS(=O)(=O)Nc1ncc2ccccn12. The molecule has 0 bridgehead atoms. The highest BCUT2D eigenvalue weighted by molar-refractivity contribution is 7.92. The van der Waals surface area contributed by atoms with E-state index in [-0.39, 0.29) is 5.75 Å². The molecule has 5 nitrogen and oxygen atoms in total. The lowest BCUT2D eigenvalue weighted by Crippen LogP contribution is -2.16. The highest BCUT2D eigenvalue weighted by atomic mass is 32.2. The lowest BCUT2D eigenvalue weighted by atomic mass is 10.4. The Morgan fingerprint density at radius 1 is 1.47 bits per heavy atom. The number of aromatic nitrogens is 2. The molecule has 0 aromatic carbocycles. The van der Waals surface area contributed by atoms with Crippen molar-refractivity contribution in [1.82, 2.24) is 9.38 Å². The van der Waals surface area contributed by atoms with Gasteiger partial charge in [-0.2, -0.15) is 0 Å². The van der Waals surface area contributed by atoms with Crippen molar-refractivity contribution >= 4 is 21.5 Å². The molecule has 2 heterocycles. The van der Waals surface area contributed by atoms with E-state index in [1.54, 1.807) is 23.7 Å². The van der Waals surface area contributed by atoms with E-state index in [1.165, 1.54) is 0 Å². The maximum Gasteiger partial charge on any atom is 0.234 e. The second kappa shape index (κ2) is 3.54. The van der Waals surface area contributed by atoms with E-state index in [0.29, 0.717) is 5.95 Å². The average Bonchev–Trinajstić information content (AvgIpc) is 2.62. The molecule has 6 heteroatoms. The molecule has 2 rings (SSSR count). The number of rotatable bonds is 3. The van der Waals surface area contributed by atoms with Crippen molar-refractivity contribution < 1.29 is 8.42 Å². The van der Waals surface area contributed by atoms with E-state index < -0.39 is 10.0 Å². The molecule has 0 spiro atoms. The molecule has 0 aliphatic heterocycles. The zero-order valence-electron chi connectivity index (χ0n) is 8.21. The van der Waals surface area contributed by atoms with Crippen LogP contribution in [0.3, 0.4) is 0 Å². The first kappa shape index (κ1) is 9.97. The van der Waals surface area contributed by atoms with Crippen LogP contribution in [-0.4, -0.2) is 23.6 Å². The van der Waals surface area contributed by atoms with Crippen LogP contribution >= 0.6 is 0 Å². The van der Waals surface area contributed by atoms with E-state index in [4.69, 9.17) is 0 Å². The molecule has 0 fully saturated rings. The zero-order chi connectivity index (χ0) is 10.9. The van der Waals surface area contributed by atoms with E-state index in [0.717, 1.165) is 5.52 Å². The van der Waals surface area contributed by atoms with Gasteiger partial charge in [0.2, 0.25) is 16.0 Å². The average molecular weight is 225 g/mol. The summed E-state index contributed by atoms with van der Waals surface area (Å²) in [5.74, 6) is 0.363. The Kier molecular flexibility index (Phi) is 2.36. The van der Waals surface area contributed by atoms with Crippen LogP contribution in [0.2, 0.25) is 0 Å². The lowest BCUT2D eigenvalue weighted by molar-refractivity contribution is 0.602. The summed E-state index contributed by atoms with van der Waals surface area (Å²) in [6.07, 6.45) is 3.38. The fraction of sp³-hybridized carbons (Fsp3) is 0.222. The van der Waals surface area contributed by atoms with Crippen LogP contribution in [0, 0.1) is 0 Å². The van der Waals surface area contributed by atoms with Gasteiger partial charge < -0.3 is 0 Å². The number of anilines is 1. The van der Waals surface area contributed by atoms with Gasteiger partial charge in [0.05, 0.1) is 17.5 Å². The van der Waals surface area contributed by atoms with Gasteiger partial charge in [0.25, 0.3) is 0 Å². The normalized spacial score (nSPS) is 11.8. The van der Waals surface area contributed by atoms with Gasteiger partial charge in [-0.1, -0.05) is 6.07 Å². The van der Waals surface area contributed by atoms with Crippen LogP contribution in [0.1, 0.15) is 6.92 Å². The minimum Gasteiger partial charge on any atom is -0.285 e. The maximum absolute atomic E-state index is 11.3. The number of nitrogens with one attached hydrogen (secondary N) is 1. The monoisotopic (exact) mass is 225 g/mol. The molecule has 0 atom stereocenters. The van der Waals surface area contributed by atoms with Gasteiger partial charge in [0, 0.05) is 6.20 Å². The number of hydrogen-bond donors (Lipinski definition) is 1. The van der Waals surface area contributed by atoms with Gasteiger partial charge in [-0.15, -0.1) is 0 Å². The summed E-state index contributed by atoms with van der Waals surface area (Å²) in [7, 11) is -3.27.